The Balaban J connectivity index is 0.00000784. The summed E-state index contributed by atoms with van der Waals surface area (Å²) >= 11 is 0. The van der Waals surface area contributed by atoms with Gasteiger partial charge in [-0.2, -0.15) is 0 Å². The molecule has 1 rings (SSSR count). The van der Waals surface area contributed by atoms with Crippen molar-refractivity contribution >= 4 is 47.8 Å². The van der Waals surface area contributed by atoms with Gasteiger partial charge in [0.05, 0.1) is 0 Å². The largest absolute Gasteiger partial charge is 0.444 e. The molecule has 0 spiro atoms. The third kappa shape index (κ3) is 13.7. The van der Waals surface area contributed by atoms with Crippen molar-refractivity contribution in [2.24, 2.45) is 4.99 Å². The van der Waals surface area contributed by atoms with E-state index in [1.54, 1.807) is 19.3 Å². The maximum atomic E-state index is 11.9. The van der Waals surface area contributed by atoms with E-state index in [0.717, 1.165) is 5.56 Å². The van der Waals surface area contributed by atoms with E-state index in [4.69, 9.17) is 4.74 Å². The van der Waals surface area contributed by atoms with Crippen molar-refractivity contribution in [3.8, 4) is 0 Å². The van der Waals surface area contributed by atoms with E-state index in [2.05, 4.69) is 31.2 Å². The van der Waals surface area contributed by atoms with Crippen LogP contribution in [0.5, 0.6) is 0 Å². The molecule has 10 heteroatoms. The first kappa shape index (κ1) is 26.9. The molecule has 164 valence electrons. The topological polar surface area (TPSA) is 117 Å². The number of hydrogen-bond acceptors (Lipinski definition) is 5. The highest BCUT2D eigenvalue weighted by Crippen LogP contribution is 2.06. The number of halogens is 1. The number of anilines is 1. The molecule has 0 saturated carbocycles. The van der Waals surface area contributed by atoms with E-state index in [1.165, 1.54) is 0 Å². The second kappa shape index (κ2) is 14.0. The SMILES string of the molecule is CN=C(NCCCNC(=O)OC(C)(C)C)NCCC(=O)Nc1ccc(C)cn1.I. The smallest absolute Gasteiger partial charge is 0.407 e. The summed E-state index contributed by atoms with van der Waals surface area (Å²) in [5.41, 5.74) is 0.534. The molecule has 0 aromatic carbocycles. The second-order valence-electron chi connectivity index (χ2n) is 7.23. The highest BCUT2D eigenvalue weighted by molar-refractivity contribution is 14.0. The van der Waals surface area contributed by atoms with Crippen LogP contribution in [0.25, 0.3) is 0 Å². The highest BCUT2D eigenvalue weighted by atomic mass is 127. The quantitative estimate of drug-likeness (QED) is 0.181. The maximum Gasteiger partial charge on any atom is 0.407 e. The molecular weight excluding hydrogens is 487 g/mol. The summed E-state index contributed by atoms with van der Waals surface area (Å²) in [5, 5.41) is 11.6. The minimum absolute atomic E-state index is 0. The monoisotopic (exact) mass is 520 g/mol. The van der Waals surface area contributed by atoms with Gasteiger partial charge in [0.15, 0.2) is 5.96 Å². The van der Waals surface area contributed by atoms with Gasteiger partial charge >= 0.3 is 6.09 Å². The minimum Gasteiger partial charge on any atom is -0.444 e. The first-order chi connectivity index (χ1) is 13.2. The molecule has 0 bridgehead atoms. The number of alkyl carbamates (subject to hydrolysis) is 1. The van der Waals surface area contributed by atoms with Crippen LogP contribution in [0.3, 0.4) is 0 Å². The number of ether oxygens (including phenoxy) is 1. The summed E-state index contributed by atoms with van der Waals surface area (Å²) in [6.07, 6.45) is 2.27. The summed E-state index contributed by atoms with van der Waals surface area (Å²) in [6.45, 7) is 8.95. The van der Waals surface area contributed by atoms with Crippen molar-refractivity contribution in [2.45, 2.75) is 46.1 Å². The number of aliphatic imine (C=N–C) groups is 1. The van der Waals surface area contributed by atoms with Crippen LogP contribution in [0.1, 0.15) is 39.2 Å². The van der Waals surface area contributed by atoms with Gasteiger partial charge in [-0.15, -0.1) is 24.0 Å². The fourth-order valence-corrected chi connectivity index (χ4v) is 2.06. The molecule has 0 aliphatic rings. The Kier molecular flexibility index (Phi) is 12.9. The van der Waals surface area contributed by atoms with Gasteiger partial charge in [0.1, 0.15) is 11.4 Å². The van der Waals surface area contributed by atoms with Gasteiger partial charge in [0.2, 0.25) is 5.91 Å². The second-order valence-corrected chi connectivity index (χ2v) is 7.23. The summed E-state index contributed by atoms with van der Waals surface area (Å²) in [4.78, 5) is 31.7. The van der Waals surface area contributed by atoms with Crippen molar-refractivity contribution in [3.05, 3.63) is 23.9 Å². The number of carbonyl (C=O) groups excluding carboxylic acids is 2. The number of nitrogens with zero attached hydrogens (tertiary/aromatic N) is 2. The molecule has 0 saturated heterocycles. The third-order valence-electron chi connectivity index (χ3n) is 3.36. The zero-order chi connectivity index (χ0) is 21.0. The Labute approximate surface area is 189 Å². The highest BCUT2D eigenvalue weighted by Gasteiger charge is 2.15. The number of pyridine rings is 1. The molecule has 0 radical (unpaired) electrons. The lowest BCUT2D eigenvalue weighted by atomic mass is 10.2. The Morgan fingerprint density at radius 3 is 2.34 bits per heavy atom. The molecule has 0 aliphatic heterocycles. The molecule has 0 atom stereocenters. The number of aromatic nitrogens is 1. The van der Waals surface area contributed by atoms with Crippen LogP contribution < -0.4 is 21.3 Å². The first-order valence-corrected chi connectivity index (χ1v) is 9.33. The van der Waals surface area contributed by atoms with E-state index in [9.17, 15) is 9.59 Å². The Hall–Kier alpha value is -2.11. The summed E-state index contributed by atoms with van der Waals surface area (Å²) in [7, 11) is 1.66. The Morgan fingerprint density at radius 1 is 1.10 bits per heavy atom. The van der Waals surface area contributed by atoms with Crippen molar-refractivity contribution in [1.29, 1.82) is 0 Å². The van der Waals surface area contributed by atoms with Crippen LogP contribution in [0.15, 0.2) is 23.3 Å². The molecule has 29 heavy (non-hydrogen) atoms. The number of rotatable bonds is 8. The molecule has 1 aromatic rings. The van der Waals surface area contributed by atoms with Crippen molar-refractivity contribution < 1.29 is 14.3 Å². The van der Waals surface area contributed by atoms with Gasteiger partial charge in [0, 0.05) is 39.3 Å². The van der Waals surface area contributed by atoms with Crippen LogP contribution in [-0.4, -0.2) is 55.2 Å². The summed E-state index contributed by atoms with van der Waals surface area (Å²) in [6, 6.07) is 3.66. The van der Waals surface area contributed by atoms with E-state index in [1.807, 2.05) is 33.8 Å². The van der Waals surface area contributed by atoms with Gasteiger partial charge in [0.25, 0.3) is 0 Å². The molecular formula is C19H33IN6O3. The van der Waals surface area contributed by atoms with Crippen LogP contribution >= 0.6 is 24.0 Å². The van der Waals surface area contributed by atoms with Gasteiger partial charge in [-0.1, -0.05) is 6.07 Å². The van der Waals surface area contributed by atoms with Crippen molar-refractivity contribution in [2.75, 3.05) is 32.0 Å². The molecule has 9 nitrogen and oxygen atoms in total. The van der Waals surface area contributed by atoms with Gasteiger partial charge < -0.3 is 26.0 Å². The molecule has 0 unspecified atom stereocenters. The number of hydrogen-bond donors (Lipinski definition) is 4. The van der Waals surface area contributed by atoms with Crippen LogP contribution in [-0.2, 0) is 9.53 Å². The fourth-order valence-electron chi connectivity index (χ4n) is 2.06. The standard InChI is InChI=1S/C19H32N6O3.HI/c1-14-7-8-15(24-13-14)25-16(26)9-12-22-17(20-5)21-10-6-11-23-18(27)28-19(2,3)4;/h7-8,13H,6,9-12H2,1-5H3,(H,23,27)(H2,20,21,22)(H,24,25,26);1H. The average molecular weight is 520 g/mol. The lowest BCUT2D eigenvalue weighted by Gasteiger charge is -2.19. The predicted molar refractivity (Wildman–Crippen MR) is 126 cm³/mol. The zero-order valence-corrected chi connectivity index (χ0v) is 20.1. The molecule has 0 fully saturated rings. The summed E-state index contributed by atoms with van der Waals surface area (Å²) in [5.74, 6) is 1.01. The number of carbonyl (C=O) groups is 2. The average Bonchev–Trinajstić information content (AvgIpc) is 2.60. The van der Waals surface area contributed by atoms with Gasteiger partial charge in [-0.3, -0.25) is 9.79 Å². The first-order valence-electron chi connectivity index (χ1n) is 9.33. The minimum atomic E-state index is -0.504. The van der Waals surface area contributed by atoms with Gasteiger partial charge in [-0.25, -0.2) is 9.78 Å². The molecule has 1 aromatic heterocycles. The molecule has 1 heterocycles. The predicted octanol–water partition coefficient (Wildman–Crippen LogP) is 2.42. The van der Waals surface area contributed by atoms with Gasteiger partial charge in [-0.05, 0) is 45.7 Å². The summed E-state index contributed by atoms with van der Waals surface area (Å²) < 4.78 is 5.16. The molecule has 4 N–H and O–H groups in total. The van der Waals surface area contributed by atoms with Crippen LogP contribution in [0.2, 0.25) is 0 Å². The van der Waals surface area contributed by atoms with Crippen molar-refractivity contribution in [1.82, 2.24) is 20.9 Å². The number of guanidine groups is 1. The lowest BCUT2D eigenvalue weighted by molar-refractivity contribution is -0.116. The zero-order valence-electron chi connectivity index (χ0n) is 17.8. The molecule has 0 aliphatic carbocycles. The van der Waals surface area contributed by atoms with Crippen LogP contribution in [0, 0.1) is 6.92 Å². The van der Waals surface area contributed by atoms with Crippen molar-refractivity contribution in [3.63, 3.8) is 0 Å². The number of aryl methyl sites for hydroxylation is 1. The fraction of sp³-hybridized carbons (Fsp3) is 0.579. The normalized spacial score (nSPS) is 11.1. The van der Waals surface area contributed by atoms with E-state index < -0.39 is 11.7 Å². The van der Waals surface area contributed by atoms with Crippen LogP contribution in [0.4, 0.5) is 10.6 Å². The lowest BCUT2D eigenvalue weighted by Crippen LogP contribution is -2.40. The van der Waals surface area contributed by atoms with E-state index in [-0.39, 0.29) is 36.3 Å². The Bertz CT molecular complexity index is 659. The third-order valence-corrected chi connectivity index (χ3v) is 3.36. The maximum absolute atomic E-state index is 11.9. The van der Waals surface area contributed by atoms with E-state index in [0.29, 0.717) is 37.8 Å². The van der Waals surface area contributed by atoms with E-state index >= 15 is 0 Å². The number of nitrogens with one attached hydrogen (secondary N) is 4. The molecule has 2 amide bonds. The Morgan fingerprint density at radius 2 is 1.76 bits per heavy atom. The number of amides is 2.